The third kappa shape index (κ3) is 4.85. The number of aromatic nitrogens is 2. The predicted octanol–water partition coefficient (Wildman–Crippen LogP) is 2.76. The fourth-order valence-electron chi connectivity index (χ4n) is 3.24. The van der Waals surface area contributed by atoms with Crippen molar-refractivity contribution in [2.45, 2.75) is 45.2 Å². The number of carbonyl (C=O) groups is 1. The van der Waals surface area contributed by atoms with Crippen LogP contribution in [0.2, 0.25) is 0 Å². The zero-order valence-electron chi connectivity index (χ0n) is 14.4. The van der Waals surface area contributed by atoms with Crippen molar-refractivity contribution in [3.8, 4) is 11.5 Å². The quantitative estimate of drug-likeness (QED) is 0.871. The summed E-state index contributed by atoms with van der Waals surface area (Å²) in [7, 11) is 0. The summed E-state index contributed by atoms with van der Waals surface area (Å²) >= 11 is 0. The predicted molar refractivity (Wildman–Crippen MR) is 91.0 cm³/mol. The SMILES string of the molecule is CC(=O)NCC[C@H]1CCCCN1Cc1nnc(-c2cccc(F)c2)o1. The van der Waals surface area contributed by atoms with E-state index in [-0.39, 0.29) is 11.7 Å². The lowest BCUT2D eigenvalue weighted by molar-refractivity contribution is -0.119. The van der Waals surface area contributed by atoms with Gasteiger partial charge >= 0.3 is 0 Å². The Hall–Kier alpha value is -2.28. The van der Waals surface area contributed by atoms with Gasteiger partial charge in [0.25, 0.3) is 0 Å². The van der Waals surface area contributed by atoms with Crippen LogP contribution in [-0.2, 0) is 11.3 Å². The van der Waals surface area contributed by atoms with Crippen molar-refractivity contribution in [3.63, 3.8) is 0 Å². The molecular weight excluding hydrogens is 323 g/mol. The van der Waals surface area contributed by atoms with Gasteiger partial charge in [0.2, 0.25) is 17.7 Å². The largest absolute Gasteiger partial charge is 0.419 e. The number of carbonyl (C=O) groups excluding carboxylic acids is 1. The summed E-state index contributed by atoms with van der Waals surface area (Å²) in [6.07, 6.45) is 4.34. The van der Waals surface area contributed by atoms with E-state index in [4.69, 9.17) is 4.42 Å². The minimum Gasteiger partial charge on any atom is -0.419 e. The molecule has 7 heteroatoms. The lowest BCUT2D eigenvalue weighted by Crippen LogP contribution is -2.41. The normalized spacial score (nSPS) is 18.2. The Labute approximate surface area is 146 Å². The Morgan fingerprint density at radius 3 is 3.08 bits per heavy atom. The summed E-state index contributed by atoms with van der Waals surface area (Å²) in [5, 5.41) is 11.0. The minimum atomic E-state index is -0.327. The summed E-state index contributed by atoms with van der Waals surface area (Å²) < 4.78 is 19.0. The van der Waals surface area contributed by atoms with Crippen LogP contribution < -0.4 is 5.32 Å². The molecule has 0 spiro atoms. The number of hydrogen-bond donors (Lipinski definition) is 1. The summed E-state index contributed by atoms with van der Waals surface area (Å²) in [6, 6.07) is 6.53. The Morgan fingerprint density at radius 1 is 1.40 bits per heavy atom. The molecule has 1 saturated heterocycles. The lowest BCUT2D eigenvalue weighted by atomic mass is 9.99. The molecule has 0 bridgehead atoms. The number of amides is 1. The van der Waals surface area contributed by atoms with Crippen LogP contribution in [0.25, 0.3) is 11.5 Å². The van der Waals surface area contributed by atoms with Crippen LogP contribution in [0, 0.1) is 5.82 Å². The second-order valence-corrected chi connectivity index (χ2v) is 6.40. The fraction of sp³-hybridized carbons (Fsp3) is 0.500. The van der Waals surface area contributed by atoms with Crippen LogP contribution in [0.15, 0.2) is 28.7 Å². The molecule has 25 heavy (non-hydrogen) atoms. The van der Waals surface area contributed by atoms with Gasteiger partial charge in [-0.3, -0.25) is 9.69 Å². The van der Waals surface area contributed by atoms with Gasteiger partial charge in [-0.15, -0.1) is 10.2 Å². The molecule has 0 saturated carbocycles. The molecule has 0 aliphatic carbocycles. The van der Waals surface area contributed by atoms with Crippen molar-refractivity contribution in [3.05, 3.63) is 36.0 Å². The van der Waals surface area contributed by atoms with E-state index in [1.54, 1.807) is 12.1 Å². The van der Waals surface area contributed by atoms with Crippen LogP contribution in [0.3, 0.4) is 0 Å². The molecule has 2 heterocycles. The highest BCUT2D eigenvalue weighted by Gasteiger charge is 2.24. The lowest BCUT2D eigenvalue weighted by Gasteiger charge is -2.34. The molecule has 1 fully saturated rings. The van der Waals surface area contributed by atoms with E-state index in [0.717, 1.165) is 25.8 Å². The Kier molecular flexibility index (Phi) is 5.75. The van der Waals surface area contributed by atoms with Crippen molar-refractivity contribution in [2.24, 2.45) is 0 Å². The Bertz CT molecular complexity index is 719. The Balaban J connectivity index is 1.63. The molecule has 1 N–H and O–H groups in total. The van der Waals surface area contributed by atoms with Crippen LogP contribution in [-0.4, -0.2) is 40.1 Å². The Morgan fingerprint density at radius 2 is 2.28 bits per heavy atom. The average molecular weight is 346 g/mol. The molecule has 1 atom stereocenters. The van der Waals surface area contributed by atoms with Gasteiger partial charge in [-0.25, -0.2) is 4.39 Å². The number of nitrogens with one attached hydrogen (secondary N) is 1. The first-order valence-corrected chi connectivity index (χ1v) is 8.68. The second kappa shape index (κ2) is 8.20. The van der Waals surface area contributed by atoms with Crippen molar-refractivity contribution < 1.29 is 13.6 Å². The van der Waals surface area contributed by atoms with Crippen LogP contribution in [0.1, 0.15) is 38.5 Å². The average Bonchev–Trinajstić information content (AvgIpc) is 3.05. The molecule has 1 amide bonds. The summed E-state index contributed by atoms with van der Waals surface area (Å²) in [5.41, 5.74) is 0.583. The van der Waals surface area contributed by atoms with E-state index in [0.29, 0.717) is 36.5 Å². The van der Waals surface area contributed by atoms with Crippen LogP contribution >= 0.6 is 0 Å². The second-order valence-electron chi connectivity index (χ2n) is 6.40. The van der Waals surface area contributed by atoms with Crippen molar-refractivity contribution in [1.82, 2.24) is 20.4 Å². The van der Waals surface area contributed by atoms with E-state index in [1.807, 2.05) is 0 Å². The van der Waals surface area contributed by atoms with Crippen molar-refractivity contribution >= 4 is 5.91 Å². The van der Waals surface area contributed by atoms with E-state index < -0.39 is 0 Å². The smallest absolute Gasteiger partial charge is 0.247 e. The van der Waals surface area contributed by atoms with Crippen molar-refractivity contribution in [2.75, 3.05) is 13.1 Å². The van der Waals surface area contributed by atoms with Gasteiger partial charge in [-0.2, -0.15) is 0 Å². The maximum absolute atomic E-state index is 13.3. The van der Waals surface area contributed by atoms with E-state index in [9.17, 15) is 9.18 Å². The van der Waals surface area contributed by atoms with Crippen LogP contribution in [0.5, 0.6) is 0 Å². The molecule has 1 aliphatic heterocycles. The fourth-order valence-corrected chi connectivity index (χ4v) is 3.24. The summed E-state index contributed by atoms with van der Waals surface area (Å²) in [4.78, 5) is 13.4. The number of nitrogens with zero attached hydrogens (tertiary/aromatic N) is 3. The third-order valence-corrected chi connectivity index (χ3v) is 4.48. The minimum absolute atomic E-state index is 0.000930. The molecule has 0 unspecified atom stereocenters. The van der Waals surface area contributed by atoms with Gasteiger partial charge in [0, 0.05) is 25.1 Å². The molecule has 2 aromatic rings. The zero-order valence-corrected chi connectivity index (χ0v) is 14.4. The molecular formula is C18H23FN4O2. The number of halogens is 1. The summed E-state index contributed by atoms with van der Waals surface area (Å²) in [6.45, 7) is 3.76. The molecule has 1 aromatic heterocycles. The number of piperidine rings is 1. The van der Waals surface area contributed by atoms with Gasteiger partial charge in [-0.05, 0) is 44.0 Å². The molecule has 0 radical (unpaired) electrons. The van der Waals surface area contributed by atoms with Crippen LogP contribution in [0.4, 0.5) is 4.39 Å². The van der Waals surface area contributed by atoms with Gasteiger partial charge in [0.15, 0.2) is 0 Å². The number of benzene rings is 1. The molecule has 1 aliphatic rings. The molecule has 6 nitrogen and oxygen atoms in total. The first-order valence-electron chi connectivity index (χ1n) is 8.68. The van der Waals surface area contributed by atoms with E-state index in [1.165, 1.54) is 25.5 Å². The maximum atomic E-state index is 13.3. The highest BCUT2D eigenvalue weighted by atomic mass is 19.1. The van der Waals surface area contributed by atoms with E-state index >= 15 is 0 Å². The summed E-state index contributed by atoms with van der Waals surface area (Å²) in [5.74, 6) is 0.539. The van der Waals surface area contributed by atoms with Gasteiger partial charge in [-0.1, -0.05) is 12.5 Å². The van der Waals surface area contributed by atoms with Gasteiger partial charge in [0.1, 0.15) is 5.82 Å². The zero-order chi connectivity index (χ0) is 17.6. The molecule has 1 aromatic carbocycles. The van der Waals surface area contributed by atoms with Crippen molar-refractivity contribution in [1.29, 1.82) is 0 Å². The highest BCUT2D eigenvalue weighted by Crippen LogP contribution is 2.23. The molecule has 134 valence electrons. The number of rotatable bonds is 6. The monoisotopic (exact) mass is 346 g/mol. The maximum Gasteiger partial charge on any atom is 0.247 e. The first-order chi connectivity index (χ1) is 12.1. The number of likely N-dealkylation sites (tertiary alicyclic amines) is 1. The number of hydrogen-bond acceptors (Lipinski definition) is 5. The first kappa shape index (κ1) is 17.5. The molecule has 3 rings (SSSR count). The third-order valence-electron chi connectivity index (χ3n) is 4.48. The highest BCUT2D eigenvalue weighted by molar-refractivity contribution is 5.72. The topological polar surface area (TPSA) is 71.3 Å². The van der Waals surface area contributed by atoms with Gasteiger partial charge < -0.3 is 9.73 Å². The van der Waals surface area contributed by atoms with E-state index in [2.05, 4.69) is 20.4 Å². The van der Waals surface area contributed by atoms with Gasteiger partial charge in [0.05, 0.1) is 6.54 Å². The standard InChI is InChI=1S/C18H23FN4O2/c1-13(24)20-9-8-16-7-2-3-10-23(16)12-17-21-22-18(25-17)14-5-4-6-15(19)11-14/h4-6,11,16H,2-3,7-10,12H2,1H3,(H,20,24)/t16-/m1/s1.